The van der Waals surface area contributed by atoms with Crippen LogP contribution in [-0.2, 0) is 9.59 Å². The Hall–Kier alpha value is 0.940. The first kappa shape index (κ1) is 30.8. The first-order valence-electron chi connectivity index (χ1n) is 7.86. The van der Waals surface area contributed by atoms with Crippen LogP contribution in [0.1, 0.15) is 79.1 Å². The first-order valence-corrected chi connectivity index (χ1v) is 7.86. The van der Waals surface area contributed by atoms with E-state index in [4.69, 9.17) is 0 Å². The summed E-state index contributed by atoms with van der Waals surface area (Å²) in [6.45, 7) is 7.89. The minimum absolute atomic E-state index is 0. The van der Waals surface area contributed by atoms with Gasteiger partial charge in [-0.2, -0.15) is 0 Å². The molecule has 0 saturated heterocycles. The first-order chi connectivity index (χ1) is 9.44. The topological polar surface area (TPSA) is 80.3 Å². The molecule has 22 heavy (non-hydrogen) atoms. The van der Waals surface area contributed by atoms with Gasteiger partial charge in [0.1, 0.15) is 0 Å². The molecule has 0 heterocycles. The van der Waals surface area contributed by atoms with Crippen molar-refractivity contribution in [1.82, 2.24) is 0 Å². The fourth-order valence-corrected chi connectivity index (χ4v) is 1.88. The van der Waals surface area contributed by atoms with Crippen LogP contribution in [0.3, 0.4) is 0 Å². The van der Waals surface area contributed by atoms with Crippen molar-refractivity contribution in [2.75, 3.05) is 0 Å². The molecule has 6 heteroatoms. The van der Waals surface area contributed by atoms with Crippen molar-refractivity contribution in [2.24, 2.45) is 11.8 Å². The number of carboxylic acid groups (broad SMARTS) is 2. The second kappa shape index (κ2) is 21.9. The molecule has 0 radical (unpaired) electrons. The standard InChI is InChI=1S/2C8H16O2.2Na/c2*1-3-5-6-7(4-2)8(9)10;;/h2*7H,3-6H2,1-2H3,(H,9,10);;/q;;2*+1/p-2. The summed E-state index contributed by atoms with van der Waals surface area (Å²) < 4.78 is 0. The van der Waals surface area contributed by atoms with Crippen LogP contribution < -0.4 is 69.3 Å². The van der Waals surface area contributed by atoms with Gasteiger partial charge in [-0.25, -0.2) is 0 Å². The molecule has 0 bridgehead atoms. The van der Waals surface area contributed by atoms with E-state index in [-0.39, 0.29) is 71.0 Å². The molecule has 0 aromatic carbocycles. The van der Waals surface area contributed by atoms with Gasteiger partial charge in [0.25, 0.3) is 0 Å². The number of carbonyl (C=O) groups is 2. The normalized spacial score (nSPS) is 11.8. The summed E-state index contributed by atoms with van der Waals surface area (Å²) in [6, 6.07) is 0. The molecule has 0 saturated carbocycles. The van der Waals surface area contributed by atoms with E-state index >= 15 is 0 Å². The molecule has 4 nitrogen and oxygen atoms in total. The van der Waals surface area contributed by atoms with Crippen LogP contribution in [-0.4, -0.2) is 11.9 Å². The molecule has 0 rings (SSSR count). The van der Waals surface area contributed by atoms with Crippen LogP contribution in [0.2, 0.25) is 0 Å². The van der Waals surface area contributed by atoms with Crippen LogP contribution in [0, 0.1) is 11.8 Å². The van der Waals surface area contributed by atoms with Crippen LogP contribution >= 0.6 is 0 Å². The van der Waals surface area contributed by atoms with Gasteiger partial charge < -0.3 is 19.8 Å². The Bertz CT molecular complexity index is 235. The average molecular weight is 332 g/mol. The molecular formula is C16H30Na2O4. The molecule has 2 atom stereocenters. The van der Waals surface area contributed by atoms with Crippen molar-refractivity contribution in [3.63, 3.8) is 0 Å². The third-order valence-electron chi connectivity index (χ3n) is 3.46. The molecule has 0 aliphatic rings. The summed E-state index contributed by atoms with van der Waals surface area (Å²) in [4.78, 5) is 20.7. The van der Waals surface area contributed by atoms with Gasteiger partial charge in [-0.05, 0) is 37.5 Å². The Balaban J connectivity index is -0.000000135. The molecule has 120 valence electrons. The van der Waals surface area contributed by atoms with Crippen molar-refractivity contribution < 1.29 is 78.9 Å². The number of hydrogen-bond acceptors (Lipinski definition) is 4. The van der Waals surface area contributed by atoms with Crippen LogP contribution in [0.4, 0.5) is 0 Å². The van der Waals surface area contributed by atoms with Gasteiger partial charge >= 0.3 is 59.1 Å². The van der Waals surface area contributed by atoms with Crippen molar-refractivity contribution >= 4 is 11.9 Å². The largest absolute Gasteiger partial charge is 1.00 e. The molecule has 0 fully saturated rings. The van der Waals surface area contributed by atoms with Gasteiger partial charge in [0.05, 0.1) is 0 Å². The van der Waals surface area contributed by atoms with Gasteiger partial charge in [-0.1, -0.05) is 53.4 Å². The third-order valence-corrected chi connectivity index (χ3v) is 3.46. The van der Waals surface area contributed by atoms with E-state index in [1.165, 1.54) is 0 Å². The van der Waals surface area contributed by atoms with Gasteiger partial charge in [0.15, 0.2) is 0 Å². The molecule has 0 aliphatic carbocycles. The smallest absolute Gasteiger partial charge is 0.550 e. The number of carbonyl (C=O) groups excluding carboxylic acids is 2. The second-order valence-electron chi connectivity index (χ2n) is 5.13. The summed E-state index contributed by atoms with van der Waals surface area (Å²) in [7, 11) is 0. The van der Waals surface area contributed by atoms with Crippen molar-refractivity contribution in [3.8, 4) is 0 Å². The molecule has 0 amide bonds. The van der Waals surface area contributed by atoms with Crippen LogP contribution in [0.25, 0.3) is 0 Å². The van der Waals surface area contributed by atoms with Crippen molar-refractivity contribution in [1.29, 1.82) is 0 Å². The fourth-order valence-electron chi connectivity index (χ4n) is 1.88. The maximum atomic E-state index is 10.3. The summed E-state index contributed by atoms with van der Waals surface area (Å²) >= 11 is 0. The number of aliphatic carboxylic acids is 2. The number of carboxylic acids is 2. The Morgan fingerprint density at radius 1 is 0.727 bits per heavy atom. The molecular weight excluding hydrogens is 302 g/mol. The summed E-state index contributed by atoms with van der Waals surface area (Å²) in [5, 5.41) is 20.7. The molecule has 0 spiro atoms. The van der Waals surface area contributed by atoms with Crippen LogP contribution in [0.5, 0.6) is 0 Å². The van der Waals surface area contributed by atoms with E-state index in [9.17, 15) is 19.8 Å². The fraction of sp³-hybridized carbons (Fsp3) is 0.875. The van der Waals surface area contributed by atoms with Gasteiger partial charge in [-0.3, -0.25) is 0 Å². The van der Waals surface area contributed by atoms with Gasteiger partial charge in [-0.15, -0.1) is 0 Å². The summed E-state index contributed by atoms with van der Waals surface area (Å²) in [5.74, 6) is -2.23. The predicted molar refractivity (Wildman–Crippen MR) is 76.6 cm³/mol. The van der Waals surface area contributed by atoms with E-state index in [1.54, 1.807) is 0 Å². The molecule has 0 aromatic rings. The molecule has 0 aliphatic heterocycles. The molecule has 0 aromatic heterocycles. The third kappa shape index (κ3) is 19.0. The Kier molecular flexibility index (Phi) is 30.7. The average Bonchev–Trinajstić information content (AvgIpc) is 2.40. The molecule has 0 N–H and O–H groups in total. The van der Waals surface area contributed by atoms with Crippen molar-refractivity contribution in [3.05, 3.63) is 0 Å². The van der Waals surface area contributed by atoms with Crippen LogP contribution in [0.15, 0.2) is 0 Å². The van der Waals surface area contributed by atoms with E-state index in [2.05, 4.69) is 13.8 Å². The van der Waals surface area contributed by atoms with Crippen molar-refractivity contribution in [2.45, 2.75) is 79.1 Å². The SMILES string of the molecule is CCCCC(CC)C(=O)[O-].CCCCC(CC)C(=O)[O-].[Na+].[Na+]. The second-order valence-corrected chi connectivity index (χ2v) is 5.13. The predicted octanol–water partition coefficient (Wildman–Crippen LogP) is -4.09. The zero-order valence-electron chi connectivity index (χ0n) is 15.4. The zero-order chi connectivity index (χ0) is 16.0. The minimum Gasteiger partial charge on any atom is -0.550 e. The van der Waals surface area contributed by atoms with E-state index < -0.39 is 11.9 Å². The number of rotatable bonds is 10. The Morgan fingerprint density at radius 2 is 1.00 bits per heavy atom. The van der Waals surface area contributed by atoms with Gasteiger partial charge in [0.2, 0.25) is 0 Å². The Morgan fingerprint density at radius 3 is 1.14 bits per heavy atom. The summed E-state index contributed by atoms with van der Waals surface area (Å²) in [6.07, 6.45) is 7.04. The van der Waals surface area contributed by atoms with Gasteiger partial charge in [0, 0.05) is 11.9 Å². The number of unbranched alkanes of at least 4 members (excludes halogenated alkanes) is 2. The minimum atomic E-state index is -0.893. The Labute approximate surface area is 180 Å². The maximum Gasteiger partial charge on any atom is 1.00 e. The molecule has 2 unspecified atom stereocenters. The maximum absolute atomic E-state index is 10.3. The summed E-state index contributed by atoms with van der Waals surface area (Å²) in [5.41, 5.74) is 0. The van der Waals surface area contributed by atoms with E-state index in [0.717, 1.165) is 38.5 Å². The quantitative estimate of drug-likeness (QED) is 0.381. The number of hydrogen-bond donors (Lipinski definition) is 0. The van der Waals surface area contributed by atoms with E-state index in [0.29, 0.717) is 12.8 Å². The monoisotopic (exact) mass is 332 g/mol. The van der Waals surface area contributed by atoms with E-state index in [1.807, 2.05) is 13.8 Å². The zero-order valence-corrected chi connectivity index (χ0v) is 19.4.